The van der Waals surface area contributed by atoms with E-state index in [9.17, 15) is 0 Å². The highest BCUT2D eigenvalue weighted by Crippen LogP contribution is 2.20. The van der Waals surface area contributed by atoms with Gasteiger partial charge in [-0.2, -0.15) is 11.8 Å². The van der Waals surface area contributed by atoms with Crippen molar-refractivity contribution >= 4 is 17.4 Å². The van der Waals surface area contributed by atoms with Crippen molar-refractivity contribution in [1.29, 1.82) is 0 Å². The molecule has 0 aliphatic rings. The Bertz CT molecular complexity index is 317. The quantitative estimate of drug-likeness (QED) is 0.660. The van der Waals surface area contributed by atoms with E-state index >= 15 is 0 Å². The number of aliphatic hydroxyl groups is 2. The van der Waals surface area contributed by atoms with Crippen LogP contribution < -0.4 is 5.73 Å². The fraction of sp³-hybridized carbons (Fsp3) is 0.455. The highest BCUT2D eigenvalue weighted by Gasteiger charge is 2.04. The Morgan fingerprint density at radius 2 is 2.20 bits per heavy atom. The number of anilines is 1. The third kappa shape index (κ3) is 3.74. The number of thioether (sulfide) groups is 1. The highest BCUT2D eigenvalue weighted by atomic mass is 32.2. The van der Waals surface area contributed by atoms with E-state index in [1.807, 2.05) is 25.1 Å². The summed E-state index contributed by atoms with van der Waals surface area (Å²) in [7, 11) is 0. The van der Waals surface area contributed by atoms with Gasteiger partial charge in [0.15, 0.2) is 0 Å². The molecule has 1 aromatic rings. The Hall–Kier alpha value is -0.710. The minimum Gasteiger partial charge on any atom is -0.399 e. The Labute approximate surface area is 94.3 Å². The van der Waals surface area contributed by atoms with E-state index < -0.39 is 6.10 Å². The van der Waals surface area contributed by atoms with E-state index in [-0.39, 0.29) is 6.61 Å². The van der Waals surface area contributed by atoms with Gasteiger partial charge in [0.1, 0.15) is 0 Å². The zero-order valence-corrected chi connectivity index (χ0v) is 9.63. The van der Waals surface area contributed by atoms with Crippen LogP contribution in [0.5, 0.6) is 0 Å². The maximum absolute atomic E-state index is 9.16. The molecule has 0 aliphatic heterocycles. The van der Waals surface area contributed by atoms with E-state index in [1.54, 1.807) is 11.8 Å². The molecular weight excluding hydrogens is 210 g/mol. The molecule has 0 aromatic heterocycles. The molecule has 0 aliphatic carbocycles. The molecule has 0 saturated heterocycles. The minimum absolute atomic E-state index is 0.178. The van der Waals surface area contributed by atoms with Crippen molar-refractivity contribution in [3.63, 3.8) is 0 Å². The zero-order valence-electron chi connectivity index (χ0n) is 8.81. The average Bonchev–Trinajstić information content (AvgIpc) is 2.24. The van der Waals surface area contributed by atoms with Crippen LogP contribution in [0.15, 0.2) is 18.2 Å². The van der Waals surface area contributed by atoms with Crippen molar-refractivity contribution in [2.24, 2.45) is 0 Å². The summed E-state index contributed by atoms with van der Waals surface area (Å²) in [6.07, 6.45) is -0.628. The van der Waals surface area contributed by atoms with E-state index in [1.165, 1.54) is 5.56 Å². The van der Waals surface area contributed by atoms with Gasteiger partial charge >= 0.3 is 0 Å². The van der Waals surface area contributed by atoms with E-state index in [0.29, 0.717) is 5.75 Å². The number of benzene rings is 1. The summed E-state index contributed by atoms with van der Waals surface area (Å²) in [5.74, 6) is 1.36. The molecule has 1 atom stereocenters. The topological polar surface area (TPSA) is 66.5 Å². The van der Waals surface area contributed by atoms with Crippen LogP contribution in [0.4, 0.5) is 5.69 Å². The van der Waals surface area contributed by atoms with Gasteiger partial charge in [-0.05, 0) is 24.1 Å². The Kier molecular flexibility index (Phi) is 4.94. The van der Waals surface area contributed by atoms with Crippen molar-refractivity contribution in [3.05, 3.63) is 29.3 Å². The molecule has 1 rings (SSSR count). The number of hydrogen-bond donors (Lipinski definition) is 3. The second-order valence-electron chi connectivity index (χ2n) is 3.48. The normalized spacial score (nSPS) is 12.7. The summed E-state index contributed by atoms with van der Waals surface area (Å²) in [6.45, 7) is 1.82. The van der Waals surface area contributed by atoms with Crippen LogP contribution in [0.2, 0.25) is 0 Å². The van der Waals surface area contributed by atoms with Crippen molar-refractivity contribution in [3.8, 4) is 0 Å². The maximum atomic E-state index is 9.16. The van der Waals surface area contributed by atoms with Gasteiger partial charge in [0.2, 0.25) is 0 Å². The van der Waals surface area contributed by atoms with Crippen molar-refractivity contribution in [2.75, 3.05) is 18.1 Å². The predicted octanol–water partition coefficient (Wildman–Crippen LogP) is 1.16. The van der Waals surface area contributed by atoms with E-state index in [0.717, 1.165) is 17.0 Å². The van der Waals surface area contributed by atoms with Crippen LogP contribution in [0.3, 0.4) is 0 Å². The number of nitrogens with two attached hydrogens (primary N) is 1. The highest BCUT2D eigenvalue weighted by molar-refractivity contribution is 7.98. The first-order valence-corrected chi connectivity index (χ1v) is 6.01. The molecule has 15 heavy (non-hydrogen) atoms. The van der Waals surface area contributed by atoms with Gasteiger partial charge in [0.05, 0.1) is 12.7 Å². The molecule has 4 N–H and O–H groups in total. The number of rotatable bonds is 5. The minimum atomic E-state index is -0.628. The van der Waals surface area contributed by atoms with Gasteiger partial charge in [-0.3, -0.25) is 0 Å². The van der Waals surface area contributed by atoms with Crippen molar-refractivity contribution in [2.45, 2.75) is 18.8 Å². The van der Waals surface area contributed by atoms with Crippen LogP contribution >= 0.6 is 11.8 Å². The lowest BCUT2D eigenvalue weighted by molar-refractivity contribution is 0.113. The summed E-state index contributed by atoms with van der Waals surface area (Å²) in [5, 5.41) is 17.8. The summed E-state index contributed by atoms with van der Waals surface area (Å²) >= 11 is 1.60. The average molecular weight is 227 g/mol. The fourth-order valence-electron chi connectivity index (χ4n) is 1.22. The Balaban J connectivity index is 2.47. The Morgan fingerprint density at radius 1 is 1.47 bits per heavy atom. The molecule has 0 spiro atoms. The molecule has 0 saturated carbocycles. The fourth-order valence-corrected chi connectivity index (χ4v) is 2.25. The van der Waals surface area contributed by atoms with Crippen LogP contribution in [-0.4, -0.2) is 28.7 Å². The zero-order chi connectivity index (χ0) is 11.3. The van der Waals surface area contributed by atoms with E-state index in [2.05, 4.69) is 0 Å². The summed E-state index contributed by atoms with van der Waals surface area (Å²) in [5.41, 5.74) is 8.87. The van der Waals surface area contributed by atoms with Gasteiger partial charge in [-0.1, -0.05) is 12.1 Å². The first-order chi connectivity index (χ1) is 7.15. The number of hydrogen-bond acceptors (Lipinski definition) is 4. The van der Waals surface area contributed by atoms with Crippen LogP contribution in [-0.2, 0) is 5.75 Å². The smallest absolute Gasteiger partial charge is 0.0861 e. The second-order valence-corrected chi connectivity index (χ2v) is 4.51. The molecule has 0 amide bonds. The van der Waals surface area contributed by atoms with Gasteiger partial charge < -0.3 is 15.9 Å². The molecule has 0 fully saturated rings. The van der Waals surface area contributed by atoms with Gasteiger partial charge in [-0.25, -0.2) is 0 Å². The second kappa shape index (κ2) is 6.00. The molecule has 1 unspecified atom stereocenters. The lowest BCUT2D eigenvalue weighted by Gasteiger charge is -2.09. The van der Waals surface area contributed by atoms with Crippen LogP contribution in [0.25, 0.3) is 0 Å². The molecular formula is C11H17NO2S. The molecule has 3 nitrogen and oxygen atoms in total. The summed E-state index contributed by atoms with van der Waals surface area (Å²) < 4.78 is 0. The number of nitrogen functional groups attached to an aromatic ring is 1. The molecule has 4 heteroatoms. The maximum Gasteiger partial charge on any atom is 0.0861 e. The first-order valence-electron chi connectivity index (χ1n) is 4.85. The van der Waals surface area contributed by atoms with Gasteiger partial charge in [0, 0.05) is 17.2 Å². The molecule has 0 bridgehead atoms. The predicted molar refractivity (Wildman–Crippen MR) is 64.8 cm³/mol. The molecule has 0 heterocycles. The lowest BCUT2D eigenvalue weighted by Crippen LogP contribution is -2.14. The van der Waals surface area contributed by atoms with Gasteiger partial charge in [-0.15, -0.1) is 0 Å². The summed E-state index contributed by atoms with van der Waals surface area (Å²) in [6, 6.07) is 5.84. The third-order valence-corrected chi connectivity index (χ3v) is 3.40. The largest absolute Gasteiger partial charge is 0.399 e. The molecule has 84 valence electrons. The molecule has 1 aromatic carbocycles. The molecule has 0 radical (unpaired) electrons. The van der Waals surface area contributed by atoms with Crippen molar-refractivity contribution in [1.82, 2.24) is 0 Å². The Morgan fingerprint density at radius 3 is 2.87 bits per heavy atom. The van der Waals surface area contributed by atoms with Crippen LogP contribution in [0.1, 0.15) is 11.1 Å². The third-order valence-electron chi connectivity index (χ3n) is 2.27. The number of aliphatic hydroxyl groups excluding tert-OH is 2. The summed E-state index contributed by atoms with van der Waals surface area (Å²) in [4.78, 5) is 0. The monoisotopic (exact) mass is 227 g/mol. The first kappa shape index (κ1) is 12.4. The van der Waals surface area contributed by atoms with Crippen molar-refractivity contribution < 1.29 is 10.2 Å². The lowest BCUT2D eigenvalue weighted by atomic mass is 10.1. The van der Waals surface area contributed by atoms with Gasteiger partial charge in [0.25, 0.3) is 0 Å². The SMILES string of the molecule is Cc1c(N)cccc1CSCC(O)CO. The standard InChI is InChI=1S/C11H17NO2S/c1-8-9(3-2-4-11(8)12)6-15-7-10(14)5-13/h2-4,10,13-14H,5-7,12H2,1H3. The van der Waals surface area contributed by atoms with Crippen LogP contribution in [0, 0.1) is 6.92 Å². The van der Waals surface area contributed by atoms with E-state index in [4.69, 9.17) is 15.9 Å².